The number of methoxy groups -OCH3 is 2. The van der Waals surface area contributed by atoms with Crippen LogP contribution in [0.15, 0.2) is 48.5 Å². The number of amides is 2. The normalized spacial score (nSPS) is 10.9. The van der Waals surface area contributed by atoms with E-state index in [-0.39, 0.29) is 0 Å². The molecule has 0 saturated heterocycles. The third-order valence-corrected chi connectivity index (χ3v) is 5.42. The highest BCUT2D eigenvalue weighted by atomic mass is 16.5. The number of nitrogens with two attached hydrogens (primary N) is 2. The van der Waals surface area contributed by atoms with Gasteiger partial charge in [0.15, 0.2) is 0 Å². The van der Waals surface area contributed by atoms with Crippen LogP contribution in [0.1, 0.15) is 66.4 Å². The Kier molecular flexibility index (Phi) is 23.9. The summed E-state index contributed by atoms with van der Waals surface area (Å²) in [4.78, 5) is 47.1. The highest BCUT2D eigenvalue weighted by Crippen LogP contribution is 2.28. The first kappa shape index (κ1) is 40.3. The number of ether oxygens (including phenoxy) is 2. The molecule has 0 aliphatic carbocycles. The van der Waals surface area contributed by atoms with Crippen molar-refractivity contribution >= 4 is 29.1 Å². The van der Waals surface area contributed by atoms with E-state index in [0.717, 1.165) is 12.0 Å². The average Bonchev–Trinajstić information content (AvgIpc) is 3.05. The summed E-state index contributed by atoms with van der Waals surface area (Å²) >= 11 is 0. The molecule has 2 aromatic carbocycles. The molecule has 2 rings (SSSR count). The highest BCUT2D eigenvalue weighted by molar-refractivity contribution is 6.42. The van der Waals surface area contributed by atoms with E-state index in [1.54, 1.807) is 25.1 Å². The van der Waals surface area contributed by atoms with Gasteiger partial charge in [-0.2, -0.15) is 0 Å². The minimum absolute atomic E-state index is 0.340. The van der Waals surface area contributed by atoms with Crippen LogP contribution >= 0.6 is 0 Å². The van der Waals surface area contributed by atoms with Crippen LogP contribution in [0.3, 0.4) is 0 Å². The van der Waals surface area contributed by atoms with Gasteiger partial charge in [-0.15, -0.1) is 0 Å². The van der Waals surface area contributed by atoms with E-state index in [4.69, 9.17) is 21.2 Å². The molecule has 2 aromatic rings. The number of nitrogens with one attached hydrogen (secondary N) is 4. The summed E-state index contributed by atoms with van der Waals surface area (Å²) in [5.74, 6) is 8.93. The fourth-order valence-electron chi connectivity index (χ4n) is 3.24. The number of rotatable bonds is 14. The first-order valence-corrected chi connectivity index (χ1v) is 14.1. The quantitative estimate of drug-likeness (QED) is 0.108. The van der Waals surface area contributed by atoms with Gasteiger partial charge in [-0.1, -0.05) is 78.3 Å². The molecule has 0 aliphatic heterocycles. The monoisotopic (exact) mass is 590 g/mol. The Labute approximate surface area is 250 Å². The minimum atomic E-state index is -0.752. The summed E-state index contributed by atoms with van der Waals surface area (Å²) in [6, 6.07) is 13.0. The molecule has 2 atom stereocenters. The van der Waals surface area contributed by atoms with E-state index in [1.807, 2.05) is 65.0 Å². The number of hydrogen-bond donors (Lipinski definition) is 6. The molecule has 42 heavy (non-hydrogen) atoms. The molecule has 0 saturated carbocycles. The maximum absolute atomic E-state index is 12.0. The molecule has 0 bridgehead atoms. The zero-order valence-corrected chi connectivity index (χ0v) is 26.2. The van der Waals surface area contributed by atoms with Crippen molar-refractivity contribution in [1.29, 1.82) is 0 Å². The van der Waals surface area contributed by atoms with Crippen molar-refractivity contribution in [3.8, 4) is 11.5 Å². The van der Waals surface area contributed by atoms with E-state index in [1.165, 1.54) is 14.2 Å². The van der Waals surface area contributed by atoms with Gasteiger partial charge in [0.1, 0.15) is 11.5 Å². The zero-order valence-electron chi connectivity index (χ0n) is 26.2. The van der Waals surface area contributed by atoms with Crippen molar-refractivity contribution in [2.75, 3.05) is 19.5 Å². The van der Waals surface area contributed by atoms with E-state index < -0.39 is 35.5 Å². The molecule has 0 aliphatic rings. The molecular formula is C30H50N6O6. The van der Waals surface area contributed by atoms with Gasteiger partial charge in [-0.3, -0.25) is 30.9 Å². The van der Waals surface area contributed by atoms with Crippen LogP contribution in [-0.4, -0.2) is 49.7 Å². The standard InChI is InChI=1S/C14H21N3O4.C12H17N3O2.2C2H6/c1-4-5-10(17-15)13(18)14(19)16-11-8-9(20-2)6-7-12(11)21-3;1-2-10(15-13)11(16)12(17)14-8-9-6-4-3-5-7-9;2*1-2/h6-8,10,17H,4-5,15H2,1-3H3,(H,16,19);3-7,10,15H,2,8,13H2,1H3,(H,14,17);2*1-2H3. The van der Waals surface area contributed by atoms with Gasteiger partial charge in [-0.05, 0) is 30.5 Å². The number of hydrogen-bond acceptors (Lipinski definition) is 10. The molecule has 12 nitrogen and oxygen atoms in total. The Morgan fingerprint density at radius 3 is 1.83 bits per heavy atom. The van der Waals surface area contributed by atoms with Crippen LogP contribution < -0.4 is 42.6 Å². The molecule has 0 radical (unpaired) electrons. The van der Waals surface area contributed by atoms with Crippen LogP contribution in [0.5, 0.6) is 11.5 Å². The largest absolute Gasteiger partial charge is 0.497 e. The van der Waals surface area contributed by atoms with Crippen LogP contribution in [0.25, 0.3) is 0 Å². The number of benzene rings is 2. The predicted molar refractivity (Wildman–Crippen MR) is 167 cm³/mol. The topological polar surface area (TPSA) is 187 Å². The summed E-state index contributed by atoms with van der Waals surface area (Å²) < 4.78 is 10.2. The van der Waals surface area contributed by atoms with E-state index in [0.29, 0.717) is 36.6 Å². The number of carbonyl (C=O) groups is 4. The average molecular weight is 591 g/mol. The van der Waals surface area contributed by atoms with Gasteiger partial charge >= 0.3 is 0 Å². The van der Waals surface area contributed by atoms with Crippen LogP contribution in [0.2, 0.25) is 0 Å². The van der Waals surface area contributed by atoms with Crippen LogP contribution in [-0.2, 0) is 25.7 Å². The van der Waals surface area contributed by atoms with Crippen molar-refractivity contribution in [3.05, 3.63) is 54.1 Å². The SMILES string of the molecule is CC.CC.CCC(NN)C(=O)C(=O)NCc1ccccc1.CCCC(NN)C(=O)C(=O)Nc1cc(OC)ccc1OC. The lowest BCUT2D eigenvalue weighted by molar-refractivity contribution is -0.139. The lowest BCUT2D eigenvalue weighted by Gasteiger charge is -2.15. The number of hydrazine groups is 2. The Morgan fingerprint density at radius 2 is 1.36 bits per heavy atom. The third-order valence-electron chi connectivity index (χ3n) is 5.42. The number of Topliss-reactive ketones (excluding diaryl/α,β-unsaturated/α-hetero) is 2. The second kappa shape index (κ2) is 24.9. The van der Waals surface area contributed by atoms with Gasteiger partial charge in [0.2, 0.25) is 11.6 Å². The second-order valence-electron chi connectivity index (χ2n) is 8.05. The van der Waals surface area contributed by atoms with Gasteiger partial charge in [-0.25, -0.2) is 10.9 Å². The van der Waals surface area contributed by atoms with Gasteiger partial charge in [0, 0.05) is 12.6 Å². The van der Waals surface area contributed by atoms with Gasteiger partial charge < -0.3 is 20.1 Å². The molecule has 0 fully saturated rings. The number of ketones is 2. The van der Waals surface area contributed by atoms with Crippen LogP contribution in [0, 0.1) is 0 Å². The van der Waals surface area contributed by atoms with Crippen molar-refractivity contribution in [1.82, 2.24) is 16.2 Å². The van der Waals surface area contributed by atoms with E-state index >= 15 is 0 Å². The molecule has 0 spiro atoms. The third kappa shape index (κ3) is 14.7. The molecule has 0 heterocycles. The smallest absolute Gasteiger partial charge is 0.293 e. The molecular weight excluding hydrogens is 540 g/mol. The van der Waals surface area contributed by atoms with Crippen molar-refractivity contribution in [3.63, 3.8) is 0 Å². The first-order valence-electron chi connectivity index (χ1n) is 14.1. The van der Waals surface area contributed by atoms with Crippen molar-refractivity contribution in [2.24, 2.45) is 11.7 Å². The van der Waals surface area contributed by atoms with E-state index in [9.17, 15) is 19.2 Å². The summed E-state index contributed by atoms with van der Waals surface area (Å²) in [5, 5.41) is 5.08. The zero-order chi connectivity index (χ0) is 32.5. The maximum atomic E-state index is 12.0. The summed E-state index contributed by atoms with van der Waals surface area (Å²) in [7, 11) is 2.98. The summed E-state index contributed by atoms with van der Waals surface area (Å²) in [5.41, 5.74) is 5.98. The Balaban J connectivity index is 0. The lowest BCUT2D eigenvalue weighted by Crippen LogP contribution is -2.47. The summed E-state index contributed by atoms with van der Waals surface area (Å²) in [6.07, 6.45) is 1.70. The molecule has 8 N–H and O–H groups in total. The molecule has 2 amide bonds. The van der Waals surface area contributed by atoms with Crippen molar-refractivity contribution < 1.29 is 28.7 Å². The number of anilines is 1. The number of carbonyl (C=O) groups excluding carboxylic acids is 4. The second-order valence-corrected chi connectivity index (χ2v) is 8.05. The Morgan fingerprint density at radius 1 is 0.786 bits per heavy atom. The predicted octanol–water partition coefficient (Wildman–Crippen LogP) is 3.01. The van der Waals surface area contributed by atoms with Crippen molar-refractivity contribution in [2.45, 2.75) is 79.4 Å². The highest BCUT2D eigenvalue weighted by Gasteiger charge is 2.24. The molecule has 0 aromatic heterocycles. The first-order chi connectivity index (χ1) is 20.3. The minimum Gasteiger partial charge on any atom is -0.497 e. The van der Waals surface area contributed by atoms with Gasteiger partial charge in [0.25, 0.3) is 11.8 Å². The van der Waals surface area contributed by atoms with Crippen LogP contribution in [0.4, 0.5) is 5.69 Å². The lowest BCUT2D eigenvalue weighted by atomic mass is 10.1. The molecule has 2 unspecified atom stereocenters. The molecule has 12 heteroatoms. The fourth-order valence-corrected chi connectivity index (χ4v) is 3.24. The summed E-state index contributed by atoms with van der Waals surface area (Å²) in [6.45, 7) is 12.0. The van der Waals surface area contributed by atoms with Gasteiger partial charge in [0.05, 0.1) is 32.0 Å². The maximum Gasteiger partial charge on any atom is 0.293 e. The fraction of sp³-hybridized carbons (Fsp3) is 0.467. The molecule has 236 valence electrons. The Hall–Kier alpha value is -3.84. The van der Waals surface area contributed by atoms with E-state index in [2.05, 4.69) is 21.5 Å². The Bertz CT molecular complexity index is 1050.